The number of hydrogen-bond donors (Lipinski definition) is 1. The van der Waals surface area contributed by atoms with Gasteiger partial charge in [0.05, 0.1) is 28.6 Å². The van der Waals surface area contributed by atoms with Gasteiger partial charge < -0.3 is 10.5 Å². The number of amidine groups is 1. The van der Waals surface area contributed by atoms with Crippen molar-refractivity contribution in [2.75, 3.05) is 7.11 Å². The highest BCUT2D eigenvalue weighted by Gasteiger charge is 2.25. The maximum Gasteiger partial charge on any atom is 0.132 e. The first-order valence-corrected chi connectivity index (χ1v) is 7.92. The molecule has 0 radical (unpaired) electrons. The van der Waals surface area contributed by atoms with Crippen molar-refractivity contribution in [2.45, 2.75) is 13.0 Å². The summed E-state index contributed by atoms with van der Waals surface area (Å²) >= 11 is 12.5. The predicted octanol–water partition coefficient (Wildman–Crippen LogP) is 4.37. The third-order valence-electron chi connectivity index (χ3n) is 3.74. The Bertz CT molecular complexity index is 880. The van der Waals surface area contributed by atoms with Crippen LogP contribution in [0.1, 0.15) is 18.1 Å². The molecule has 0 bridgehead atoms. The number of ether oxygens (including phenoxy) is 1. The molecule has 0 spiro atoms. The maximum absolute atomic E-state index is 14.5. The zero-order chi connectivity index (χ0) is 17.4. The van der Waals surface area contributed by atoms with Crippen LogP contribution in [0.4, 0.5) is 10.1 Å². The van der Waals surface area contributed by atoms with Gasteiger partial charge in [0.25, 0.3) is 0 Å². The fourth-order valence-corrected chi connectivity index (χ4v) is 2.84. The molecule has 1 heterocycles. The van der Waals surface area contributed by atoms with Gasteiger partial charge in [-0.25, -0.2) is 9.38 Å². The summed E-state index contributed by atoms with van der Waals surface area (Å²) in [4.78, 5) is 8.88. The summed E-state index contributed by atoms with van der Waals surface area (Å²) in [5.41, 5.74) is 7.49. The molecule has 124 valence electrons. The second-order valence-electron chi connectivity index (χ2n) is 5.29. The predicted molar refractivity (Wildman–Crippen MR) is 95.8 cm³/mol. The van der Waals surface area contributed by atoms with Gasteiger partial charge in [0, 0.05) is 11.1 Å². The zero-order valence-corrected chi connectivity index (χ0v) is 14.5. The average Bonchev–Trinajstić information content (AvgIpc) is 2.69. The van der Waals surface area contributed by atoms with Crippen molar-refractivity contribution < 1.29 is 9.13 Å². The summed E-state index contributed by atoms with van der Waals surface area (Å²) in [7, 11) is 1.51. The first-order chi connectivity index (χ1) is 11.4. The number of nitrogens with zero attached hydrogens (tertiary/aromatic N) is 2. The molecule has 0 aromatic heterocycles. The van der Waals surface area contributed by atoms with Gasteiger partial charge in [-0.05, 0) is 37.3 Å². The summed E-state index contributed by atoms with van der Waals surface area (Å²) in [5.74, 6) is 0.358. The molecule has 2 aromatic rings. The maximum atomic E-state index is 14.5. The largest absolute Gasteiger partial charge is 0.497 e. The molecule has 1 unspecified atom stereocenters. The molecule has 24 heavy (non-hydrogen) atoms. The molecule has 2 N–H and O–H groups in total. The van der Waals surface area contributed by atoms with Gasteiger partial charge in [-0.3, -0.25) is 4.99 Å². The minimum atomic E-state index is -0.454. The summed E-state index contributed by atoms with van der Waals surface area (Å²) in [6.45, 7) is 1.78. The molecule has 7 heteroatoms. The first kappa shape index (κ1) is 16.7. The summed E-state index contributed by atoms with van der Waals surface area (Å²) in [6, 6.07) is 7.27. The number of aliphatic imine (C=N–C) groups is 2. The second kappa shape index (κ2) is 6.42. The van der Waals surface area contributed by atoms with Crippen molar-refractivity contribution >= 4 is 40.4 Å². The lowest BCUT2D eigenvalue weighted by molar-refractivity contribution is 0.413. The number of hydrogen-bond acceptors (Lipinski definition) is 4. The lowest BCUT2D eigenvalue weighted by Gasteiger charge is -2.14. The average molecular weight is 366 g/mol. The van der Waals surface area contributed by atoms with Crippen LogP contribution in [0.3, 0.4) is 0 Å². The highest BCUT2D eigenvalue weighted by Crippen LogP contribution is 2.37. The Morgan fingerprint density at radius 3 is 2.67 bits per heavy atom. The van der Waals surface area contributed by atoms with Gasteiger partial charge >= 0.3 is 0 Å². The number of methoxy groups -OCH3 is 1. The van der Waals surface area contributed by atoms with Crippen LogP contribution in [0.5, 0.6) is 5.75 Å². The van der Waals surface area contributed by atoms with Crippen molar-refractivity contribution in [3.05, 3.63) is 57.3 Å². The van der Waals surface area contributed by atoms with E-state index in [9.17, 15) is 4.39 Å². The minimum Gasteiger partial charge on any atom is -0.497 e. The highest BCUT2D eigenvalue weighted by molar-refractivity contribution is 6.45. The summed E-state index contributed by atoms with van der Waals surface area (Å²) in [6.07, 6.45) is 0. The molecule has 2 aromatic carbocycles. The van der Waals surface area contributed by atoms with E-state index in [1.165, 1.54) is 19.2 Å². The molecule has 3 rings (SSSR count). The third-order valence-corrected chi connectivity index (χ3v) is 4.54. The molecular formula is C17H14Cl2FN3O. The molecule has 0 fully saturated rings. The van der Waals surface area contributed by atoms with Crippen LogP contribution in [0.25, 0.3) is 0 Å². The highest BCUT2D eigenvalue weighted by atomic mass is 35.5. The fourth-order valence-electron chi connectivity index (χ4n) is 2.43. The van der Waals surface area contributed by atoms with Crippen molar-refractivity contribution in [2.24, 2.45) is 15.7 Å². The Morgan fingerprint density at radius 2 is 1.96 bits per heavy atom. The van der Waals surface area contributed by atoms with E-state index in [0.717, 1.165) is 0 Å². The van der Waals surface area contributed by atoms with E-state index in [1.807, 2.05) is 0 Å². The van der Waals surface area contributed by atoms with E-state index >= 15 is 0 Å². The molecule has 0 aliphatic carbocycles. The van der Waals surface area contributed by atoms with Crippen molar-refractivity contribution in [3.63, 3.8) is 0 Å². The minimum absolute atomic E-state index is 0.247. The fraction of sp³-hybridized carbons (Fsp3) is 0.176. The Balaban J connectivity index is 2.34. The lowest BCUT2D eigenvalue weighted by Crippen LogP contribution is -2.24. The van der Waals surface area contributed by atoms with Crippen molar-refractivity contribution in [1.29, 1.82) is 0 Å². The van der Waals surface area contributed by atoms with Gasteiger partial charge in [-0.1, -0.05) is 23.2 Å². The first-order valence-electron chi connectivity index (χ1n) is 7.16. The topological polar surface area (TPSA) is 60.0 Å². The summed E-state index contributed by atoms with van der Waals surface area (Å²) in [5, 5.41) is 0.579. The Morgan fingerprint density at radius 1 is 1.21 bits per heavy atom. The molecule has 0 amide bonds. The molecule has 0 saturated heterocycles. The van der Waals surface area contributed by atoms with Crippen LogP contribution in [-0.4, -0.2) is 24.7 Å². The van der Waals surface area contributed by atoms with Crippen molar-refractivity contribution in [1.82, 2.24) is 0 Å². The van der Waals surface area contributed by atoms with Gasteiger partial charge in [-0.15, -0.1) is 0 Å². The molecule has 1 aliphatic heterocycles. The Hall–Kier alpha value is -2.11. The molecule has 1 atom stereocenters. The monoisotopic (exact) mass is 365 g/mol. The van der Waals surface area contributed by atoms with E-state index in [1.54, 1.807) is 25.1 Å². The Kier molecular flexibility index (Phi) is 4.47. The Labute approximate surface area is 148 Å². The SMILES string of the molecule is COc1ccc(F)c(C2=NC(C)C(N)=Nc3ccc(Cl)c(Cl)c32)c1. The normalized spacial score (nSPS) is 16.8. The van der Waals surface area contributed by atoms with Crippen LogP contribution in [-0.2, 0) is 0 Å². The van der Waals surface area contributed by atoms with E-state index in [-0.39, 0.29) is 10.6 Å². The van der Waals surface area contributed by atoms with Gasteiger partial charge in [0.2, 0.25) is 0 Å². The lowest BCUT2D eigenvalue weighted by atomic mass is 9.99. The van der Waals surface area contributed by atoms with Crippen molar-refractivity contribution in [3.8, 4) is 5.75 Å². The summed E-state index contributed by atoms with van der Waals surface area (Å²) < 4.78 is 19.7. The van der Waals surface area contributed by atoms with Crippen LogP contribution in [0.15, 0.2) is 40.3 Å². The van der Waals surface area contributed by atoms with E-state index in [0.29, 0.717) is 33.6 Å². The van der Waals surface area contributed by atoms with E-state index in [4.69, 9.17) is 33.7 Å². The standard InChI is InChI=1S/C17H14Cl2FN3O/c1-8-17(21)23-13-6-4-11(18)15(19)14(13)16(22-8)10-7-9(24-2)3-5-12(10)20/h3-8H,1-2H3,(H2,21,23). The van der Waals surface area contributed by atoms with Gasteiger partial charge in [-0.2, -0.15) is 0 Å². The number of fused-ring (bicyclic) bond motifs is 1. The molecule has 0 saturated carbocycles. The van der Waals surface area contributed by atoms with Gasteiger partial charge in [0.15, 0.2) is 0 Å². The number of nitrogens with two attached hydrogens (primary N) is 1. The van der Waals surface area contributed by atoms with E-state index in [2.05, 4.69) is 9.98 Å². The smallest absolute Gasteiger partial charge is 0.132 e. The molecule has 1 aliphatic rings. The quantitative estimate of drug-likeness (QED) is 0.858. The molecule has 4 nitrogen and oxygen atoms in total. The number of benzene rings is 2. The van der Waals surface area contributed by atoms with Crippen LogP contribution in [0.2, 0.25) is 10.0 Å². The van der Waals surface area contributed by atoms with Crippen LogP contribution in [0, 0.1) is 5.82 Å². The zero-order valence-electron chi connectivity index (χ0n) is 13.0. The third kappa shape index (κ3) is 2.85. The van der Waals surface area contributed by atoms with E-state index < -0.39 is 11.9 Å². The number of rotatable bonds is 2. The van der Waals surface area contributed by atoms with Crippen LogP contribution < -0.4 is 10.5 Å². The van der Waals surface area contributed by atoms with Gasteiger partial charge in [0.1, 0.15) is 23.4 Å². The molecular weight excluding hydrogens is 352 g/mol. The second-order valence-corrected chi connectivity index (χ2v) is 6.08. The van der Waals surface area contributed by atoms with Crippen LogP contribution >= 0.6 is 23.2 Å². The number of halogens is 3.